The Bertz CT molecular complexity index is 821. The van der Waals surface area contributed by atoms with Crippen LogP contribution in [0.5, 0.6) is 5.75 Å². The molecule has 3 nitrogen and oxygen atoms in total. The summed E-state index contributed by atoms with van der Waals surface area (Å²) in [4.78, 5) is 14.9. The van der Waals surface area contributed by atoms with Crippen LogP contribution in [-0.4, -0.2) is 30.0 Å². The first-order valence-electron chi connectivity index (χ1n) is 10.2. The highest BCUT2D eigenvalue weighted by Gasteiger charge is 2.29. The molecule has 1 amide bonds. The number of piperidine rings is 1. The Morgan fingerprint density at radius 2 is 1.85 bits per heavy atom. The fourth-order valence-corrected chi connectivity index (χ4v) is 4.43. The van der Waals surface area contributed by atoms with Crippen LogP contribution >= 0.6 is 0 Å². The number of amides is 1. The number of benzene rings is 2. The average molecular weight is 364 g/mol. The summed E-state index contributed by atoms with van der Waals surface area (Å²) in [5.41, 5.74) is 5.22. The van der Waals surface area contributed by atoms with Gasteiger partial charge in [0.1, 0.15) is 11.9 Å². The van der Waals surface area contributed by atoms with Crippen LogP contribution in [-0.2, 0) is 11.2 Å². The number of hydrogen-bond acceptors (Lipinski definition) is 2. The fourth-order valence-electron chi connectivity index (χ4n) is 4.43. The first-order chi connectivity index (χ1) is 13.1. The Morgan fingerprint density at radius 1 is 1.07 bits per heavy atom. The highest BCUT2D eigenvalue weighted by molar-refractivity contribution is 5.77. The molecule has 3 heteroatoms. The third kappa shape index (κ3) is 4.02. The molecule has 27 heavy (non-hydrogen) atoms. The Kier molecular flexibility index (Phi) is 5.20. The first-order valence-corrected chi connectivity index (χ1v) is 10.2. The third-order valence-electron chi connectivity index (χ3n) is 6.11. The van der Waals surface area contributed by atoms with Crippen molar-refractivity contribution >= 4 is 5.91 Å². The molecule has 0 N–H and O–H groups in total. The zero-order valence-electron chi connectivity index (χ0n) is 16.4. The number of likely N-dealkylation sites (tertiary alicyclic amines) is 1. The lowest BCUT2D eigenvalue weighted by molar-refractivity contribution is -0.133. The summed E-state index contributed by atoms with van der Waals surface area (Å²) in [6, 6.07) is 14.9. The summed E-state index contributed by atoms with van der Waals surface area (Å²) in [5, 5.41) is 0. The van der Waals surface area contributed by atoms with Gasteiger partial charge in [0.05, 0.1) is 0 Å². The van der Waals surface area contributed by atoms with Gasteiger partial charge in [-0.25, -0.2) is 0 Å². The molecule has 142 valence electrons. The second-order valence-corrected chi connectivity index (χ2v) is 8.11. The number of hydrogen-bond donors (Lipinski definition) is 0. The molecule has 1 heterocycles. The van der Waals surface area contributed by atoms with E-state index >= 15 is 0 Å². The summed E-state index contributed by atoms with van der Waals surface area (Å²) in [5.74, 6) is 1.70. The molecule has 0 radical (unpaired) electrons. The van der Waals surface area contributed by atoms with Crippen LogP contribution in [0.25, 0.3) is 0 Å². The van der Waals surface area contributed by atoms with Crippen LogP contribution < -0.4 is 4.74 Å². The Hall–Kier alpha value is -2.29. The predicted molar refractivity (Wildman–Crippen MR) is 108 cm³/mol. The molecular weight excluding hydrogens is 334 g/mol. The van der Waals surface area contributed by atoms with Gasteiger partial charge in [-0.3, -0.25) is 4.79 Å². The maximum atomic E-state index is 12.8. The maximum Gasteiger partial charge on any atom is 0.223 e. The predicted octanol–water partition coefficient (Wildman–Crippen LogP) is 4.79. The van der Waals surface area contributed by atoms with Crippen LogP contribution in [0.3, 0.4) is 0 Å². The van der Waals surface area contributed by atoms with Gasteiger partial charge in [-0.15, -0.1) is 0 Å². The van der Waals surface area contributed by atoms with Crippen molar-refractivity contribution in [3.63, 3.8) is 0 Å². The monoisotopic (exact) mass is 363 g/mol. The van der Waals surface area contributed by atoms with E-state index in [2.05, 4.69) is 56.3 Å². The molecule has 2 aromatic rings. The number of carbonyl (C=O) groups is 1. The van der Waals surface area contributed by atoms with Crippen molar-refractivity contribution in [1.29, 1.82) is 0 Å². The van der Waals surface area contributed by atoms with Crippen LogP contribution in [0.4, 0.5) is 0 Å². The molecule has 2 aliphatic rings. The van der Waals surface area contributed by atoms with E-state index in [1.807, 2.05) is 4.90 Å². The Labute approximate surface area is 162 Å². The lowest BCUT2D eigenvalue weighted by atomic mass is 9.96. The van der Waals surface area contributed by atoms with E-state index in [1.54, 1.807) is 0 Å². The molecule has 4 rings (SSSR count). The highest BCUT2D eigenvalue weighted by atomic mass is 16.5. The second kappa shape index (κ2) is 7.75. The smallest absolute Gasteiger partial charge is 0.223 e. The van der Waals surface area contributed by atoms with Gasteiger partial charge in [-0.1, -0.05) is 36.4 Å². The fraction of sp³-hybridized carbons (Fsp3) is 0.458. The number of carbonyl (C=O) groups excluding carboxylic acids is 1. The topological polar surface area (TPSA) is 29.5 Å². The van der Waals surface area contributed by atoms with Crippen LogP contribution in [0.1, 0.15) is 53.9 Å². The lowest BCUT2D eigenvalue weighted by Gasteiger charge is -2.33. The number of nitrogens with zero attached hydrogens (tertiary/aromatic N) is 1. The van der Waals surface area contributed by atoms with Gasteiger partial charge in [0.2, 0.25) is 5.91 Å². The molecule has 1 aliphatic carbocycles. The quantitative estimate of drug-likeness (QED) is 0.781. The Balaban J connectivity index is 1.30. The average Bonchev–Trinajstić information content (AvgIpc) is 3.08. The van der Waals surface area contributed by atoms with E-state index in [-0.39, 0.29) is 6.10 Å². The van der Waals surface area contributed by atoms with Crippen molar-refractivity contribution < 1.29 is 9.53 Å². The van der Waals surface area contributed by atoms with Gasteiger partial charge in [0.15, 0.2) is 0 Å². The molecule has 0 bridgehead atoms. The van der Waals surface area contributed by atoms with Crippen molar-refractivity contribution in [3.05, 3.63) is 64.7 Å². The van der Waals surface area contributed by atoms with Crippen molar-refractivity contribution in [3.8, 4) is 5.75 Å². The van der Waals surface area contributed by atoms with E-state index in [9.17, 15) is 4.79 Å². The van der Waals surface area contributed by atoms with Gasteiger partial charge in [0.25, 0.3) is 0 Å². The minimum absolute atomic E-state index is 0.210. The normalized spacial score (nSPS) is 19.8. The zero-order chi connectivity index (χ0) is 18.8. The number of aryl methyl sites for hydroxylation is 3. The first kappa shape index (κ1) is 18.1. The van der Waals surface area contributed by atoms with Gasteiger partial charge >= 0.3 is 0 Å². The third-order valence-corrected chi connectivity index (χ3v) is 6.11. The van der Waals surface area contributed by atoms with E-state index in [4.69, 9.17) is 4.74 Å². The summed E-state index contributed by atoms with van der Waals surface area (Å²) in [6.45, 7) is 5.80. The SMILES string of the molecule is Cc1ccc(C)c(OC2CCN(C(=O)CC3CCc4ccccc43)CC2)c1. The van der Waals surface area contributed by atoms with Crippen molar-refractivity contribution in [2.75, 3.05) is 13.1 Å². The minimum atomic E-state index is 0.210. The highest BCUT2D eigenvalue weighted by Crippen LogP contribution is 2.36. The summed E-state index contributed by atoms with van der Waals surface area (Å²) < 4.78 is 6.24. The molecule has 1 aliphatic heterocycles. The number of fused-ring (bicyclic) bond motifs is 1. The van der Waals surface area contributed by atoms with Crippen LogP contribution in [0.15, 0.2) is 42.5 Å². The summed E-state index contributed by atoms with van der Waals surface area (Å²) >= 11 is 0. The molecule has 0 spiro atoms. The van der Waals surface area contributed by atoms with E-state index in [1.165, 1.54) is 22.3 Å². The second-order valence-electron chi connectivity index (χ2n) is 8.11. The van der Waals surface area contributed by atoms with Gasteiger partial charge < -0.3 is 9.64 Å². The van der Waals surface area contributed by atoms with Crippen molar-refractivity contribution in [2.24, 2.45) is 0 Å². The van der Waals surface area contributed by atoms with Gasteiger partial charge in [-0.2, -0.15) is 0 Å². The van der Waals surface area contributed by atoms with Crippen molar-refractivity contribution in [2.45, 2.75) is 58.0 Å². The van der Waals surface area contributed by atoms with E-state index in [0.717, 1.165) is 44.5 Å². The van der Waals surface area contributed by atoms with Gasteiger partial charge in [0, 0.05) is 32.4 Å². The van der Waals surface area contributed by atoms with Crippen molar-refractivity contribution in [1.82, 2.24) is 4.90 Å². The minimum Gasteiger partial charge on any atom is -0.490 e. The summed E-state index contributed by atoms with van der Waals surface area (Å²) in [6.07, 6.45) is 4.92. The summed E-state index contributed by atoms with van der Waals surface area (Å²) in [7, 11) is 0. The van der Waals surface area contributed by atoms with E-state index < -0.39 is 0 Å². The molecule has 1 fully saturated rings. The standard InChI is InChI=1S/C24H29NO2/c1-17-7-8-18(2)23(15-17)27-21-11-13-25(14-12-21)24(26)16-20-10-9-19-5-3-4-6-22(19)20/h3-8,15,20-21H,9-14,16H2,1-2H3. The van der Waals surface area contributed by atoms with Gasteiger partial charge in [-0.05, 0) is 60.9 Å². The van der Waals surface area contributed by atoms with Crippen LogP contribution in [0.2, 0.25) is 0 Å². The Morgan fingerprint density at radius 3 is 2.67 bits per heavy atom. The van der Waals surface area contributed by atoms with Crippen LogP contribution in [0, 0.1) is 13.8 Å². The lowest BCUT2D eigenvalue weighted by Crippen LogP contribution is -2.42. The number of rotatable bonds is 4. The number of ether oxygens (including phenoxy) is 1. The molecule has 1 atom stereocenters. The largest absolute Gasteiger partial charge is 0.490 e. The van der Waals surface area contributed by atoms with E-state index in [0.29, 0.717) is 18.2 Å². The maximum absolute atomic E-state index is 12.8. The molecular formula is C24H29NO2. The molecule has 0 saturated carbocycles. The molecule has 1 saturated heterocycles. The molecule has 2 aromatic carbocycles. The molecule has 0 aromatic heterocycles. The zero-order valence-corrected chi connectivity index (χ0v) is 16.4. The molecule has 1 unspecified atom stereocenters.